The van der Waals surface area contributed by atoms with E-state index >= 15 is 0 Å². The van der Waals surface area contributed by atoms with Crippen LogP contribution in [0.15, 0.2) is 23.1 Å². The summed E-state index contributed by atoms with van der Waals surface area (Å²) in [6, 6.07) is 3.38. The molecular formula is C13H21N3O4S. The molecule has 0 heterocycles. The highest BCUT2D eigenvalue weighted by Gasteiger charge is 2.28. The minimum Gasteiger partial charge on any atom is -0.387 e. The van der Waals surface area contributed by atoms with Crippen molar-refractivity contribution < 1.29 is 13.3 Å². The molecule has 0 radical (unpaired) electrons. The van der Waals surface area contributed by atoms with Crippen LogP contribution in [0.5, 0.6) is 0 Å². The zero-order chi connectivity index (χ0) is 16.4. The molecule has 0 spiro atoms. The van der Waals surface area contributed by atoms with E-state index in [1.165, 1.54) is 12.1 Å². The van der Waals surface area contributed by atoms with E-state index in [0.717, 1.165) is 6.07 Å². The van der Waals surface area contributed by atoms with Crippen molar-refractivity contribution in [2.45, 2.75) is 38.6 Å². The number of nitrogens with one attached hydrogen (secondary N) is 2. The van der Waals surface area contributed by atoms with E-state index in [0.29, 0.717) is 5.69 Å². The van der Waals surface area contributed by atoms with Gasteiger partial charge in [0.05, 0.1) is 10.6 Å². The molecule has 21 heavy (non-hydrogen) atoms. The van der Waals surface area contributed by atoms with Gasteiger partial charge in [0.2, 0.25) is 10.0 Å². The summed E-state index contributed by atoms with van der Waals surface area (Å²) < 4.78 is 27.5. The summed E-state index contributed by atoms with van der Waals surface area (Å²) in [6.07, 6.45) is 0. The standard InChI is InChI=1S/C13H21N3O4S/c1-9(13(2,3)4)15-21(19,20)12-8-10(16(17)18)6-7-11(12)14-5/h6-9,14-15H,1-5H3. The average molecular weight is 315 g/mol. The van der Waals surface area contributed by atoms with Crippen molar-refractivity contribution in [1.82, 2.24) is 4.72 Å². The number of hydrogen-bond donors (Lipinski definition) is 2. The van der Waals surface area contributed by atoms with Crippen LogP contribution in [0.1, 0.15) is 27.7 Å². The Labute approximate surface area is 124 Å². The molecule has 0 bridgehead atoms. The first kappa shape index (κ1) is 17.4. The van der Waals surface area contributed by atoms with Crippen molar-refractivity contribution in [2.75, 3.05) is 12.4 Å². The summed E-state index contributed by atoms with van der Waals surface area (Å²) in [7, 11) is -2.30. The largest absolute Gasteiger partial charge is 0.387 e. The van der Waals surface area contributed by atoms with Crippen LogP contribution in [-0.4, -0.2) is 26.4 Å². The van der Waals surface area contributed by atoms with Crippen LogP contribution < -0.4 is 10.0 Å². The summed E-state index contributed by atoms with van der Waals surface area (Å²) in [6.45, 7) is 7.49. The van der Waals surface area contributed by atoms with Crippen molar-refractivity contribution >= 4 is 21.4 Å². The van der Waals surface area contributed by atoms with Crippen LogP contribution in [0.2, 0.25) is 0 Å². The second-order valence-corrected chi connectivity index (χ2v) is 7.58. The van der Waals surface area contributed by atoms with Gasteiger partial charge in [0.1, 0.15) is 4.90 Å². The quantitative estimate of drug-likeness (QED) is 0.641. The molecule has 1 aromatic carbocycles. The van der Waals surface area contributed by atoms with E-state index in [2.05, 4.69) is 10.0 Å². The first-order chi connectivity index (χ1) is 9.49. The van der Waals surface area contributed by atoms with Crippen molar-refractivity contribution in [3.8, 4) is 0 Å². The van der Waals surface area contributed by atoms with Gasteiger partial charge in [-0.3, -0.25) is 10.1 Å². The fraction of sp³-hybridized carbons (Fsp3) is 0.538. The highest BCUT2D eigenvalue weighted by atomic mass is 32.2. The van der Waals surface area contributed by atoms with Gasteiger partial charge in [0.25, 0.3) is 5.69 Å². The lowest BCUT2D eigenvalue weighted by Crippen LogP contribution is -2.41. The van der Waals surface area contributed by atoms with Crippen LogP contribution in [0, 0.1) is 15.5 Å². The molecule has 0 aromatic heterocycles. The smallest absolute Gasteiger partial charge is 0.270 e. The highest BCUT2D eigenvalue weighted by Crippen LogP contribution is 2.28. The Morgan fingerprint density at radius 2 is 1.86 bits per heavy atom. The van der Waals surface area contributed by atoms with E-state index in [1.807, 2.05) is 20.8 Å². The predicted molar refractivity (Wildman–Crippen MR) is 81.9 cm³/mol. The van der Waals surface area contributed by atoms with Crippen molar-refractivity contribution in [3.63, 3.8) is 0 Å². The zero-order valence-electron chi connectivity index (χ0n) is 12.8. The van der Waals surface area contributed by atoms with Gasteiger partial charge in [0.15, 0.2) is 0 Å². The number of hydrogen-bond acceptors (Lipinski definition) is 5. The van der Waals surface area contributed by atoms with Crippen molar-refractivity contribution in [2.24, 2.45) is 5.41 Å². The first-order valence-corrected chi connectivity index (χ1v) is 7.96. The van der Waals surface area contributed by atoms with E-state index in [-0.39, 0.29) is 22.0 Å². The van der Waals surface area contributed by atoms with Crippen LogP contribution in [0.25, 0.3) is 0 Å². The number of sulfonamides is 1. The zero-order valence-corrected chi connectivity index (χ0v) is 13.6. The topological polar surface area (TPSA) is 101 Å². The maximum absolute atomic E-state index is 12.5. The monoisotopic (exact) mass is 315 g/mol. The SMILES string of the molecule is CNc1ccc([N+](=O)[O-])cc1S(=O)(=O)NC(C)C(C)(C)C. The Hall–Kier alpha value is -1.67. The molecule has 1 rings (SSSR count). The van der Waals surface area contributed by atoms with Crippen molar-refractivity contribution in [3.05, 3.63) is 28.3 Å². The fourth-order valence-corrected chi connectivity index (χ4v) is 3.21. The van der Waals surface area contributed by atoms with E-state index < -0.39 is 14.9 Å². The molecule has 7 nitrogen and oxygen atoms in total. The second kappa shape index (κ2) is 5.98. The first-order valence-electron chi connectivity index (χ1n) is 6.47. The minimum atomic E-state index is -3.86. The van der Waals surface area contributed by atoms with Gasteiger partial charge in [-0.05, 0) is 18.4 Å². The third kappa shape index (κ3) is 4.15. The summed E-state index contributed by atoms with van der Waals surface area (Å²) in [5, 5.41) is 13.6. The van der Waals surface area contributed by atoms with E-state index in [1.54, 1.807) is 14.0 Å². The number of non-ortho nitro benzene ring substituents is 1. The number of nitrogens with zero attached hydrogens (tertiary/aromatic N) is 1. The van der Waals surface area contributed by atoms with Crippen molar-refractivity contribution in [1.29, 1.82) is 0 Å². The maximum Gasteiger partial charge on any atom is 0.270 e. The summed E-state index contributed by atoms with van der Waals surface area (Å²) in [5.74, 6) is 0. The van der Waals surface area contributed by atoms with Gasteiger partial charge in [-0.2, -0.15) is 0 Å². The Balaban J connectivity index is 3.30. The minimum absolute atomic E-state index is 0.129. The van der Waals surface area contributed by atoms with Crippen LogP contribution in [0.3, 0.4) is 0 Å². The lowest BCUT2D eigenvalue weighted by molar-refractivity contribution is -0.385. The number of benzene rings is 1. The second-order valence-electron chi connectivity index (χ2n) is 5.90. The Bertz CT molecular complexity index is 635. The Kier molecular flexibility index (Phi) is 4.95. The lowest BCUT2D eigenvalue weighted by Gasteiger charge is -2.28. The third-order valence-electron chi connectivity index (χ3n) is 3.37. The maximum atomic E-state index is 12.5. The fourth-order valence-electron chi connectivity index (χ4n) is 1.53. The van der Waals surface area contributed by atoms with Crippen LogP contribution in [-0.2, 0) is 10.0 Å². The predicted octanol–water partition coefficient (Wildman–Crippen LogP) is 2.35. The molecule has 2 N–H and O–H groups in total. The molecule has 0 fully saturated rings. The molecule has 0 aliphatic carbocycles. The summed E-state index contributed by atoms with van der Waals surface area (Å²) >= 11 is 0. The number of nitro groups is 1. The van der Waals surface area contributed by atoms with Gasteiger partial charge in [-0.1, -0.05) is 20.8 Å². The van der Waals surface area contributed by atoms with Gasteiger partial charge in [0, 0.05) is 25.2 Å². The molecule has 0 saturated heterocycles. The molecule has 0 aliphatic heterocycles. The molecule has 1 aromatic rings. The third-order valence-corrected chi connectivity index (χ3v) is 4.95. The normalized spacial score (nSPS) is 13.8. The molecular weight excluding hydrogens is 294 g/mol. The average Bonchev–Trinajstić information content (AvgIpc) is 2.36. The van der Waals surface area contributed by atoms with Gasteiger partial charge in [-0.25, -0.2) is 13.1 Å². The van der Waals surface area contributed by atoms with Gasteiger partial charge in [-0.15, -0.1) is 0 Å². The molecule has 1 atom stereocenters. The van der Waals surface area contributed by atoms with E-state index in [9.17, 15) is 18.5 Å². The Morgan fingerprint density at radius 3 is 2.29 bits per heavy atom. The number of rotatable bonds is 5. The molecule has 0 aliphatic rings. The summed E-state index contributed by atoms with van der Waals surface area (Å²) in [4.78, 5) is 10.1. The Morgan fingerprint density at radius 1 is 1.29 bits per heavy atom. The molecule has 1 unspecified atom stereocenters. The molecule has 0 amide bonds. The van der Waals surface area contributed by atoms with Gasteiger partial charge < -0.3 is 5.32 Å². The number of anilines is 1. The molecule has 0 saturated carbocycles. The van der Waals surface area contributed by atoms with Gasteiger partial charge >= 0.3 is 0 Å². The van der Waals surface area contributed by atoms with E-state index in [4.69, 9.17) is 0 Å². The van der Waals surface area contributed by atoms with Crippen LogP contribution in [0.4, 0.5) is 11.4 Å². The molecule has 8 heteroatoms. The lowest BCUT2D eigenvalue weighted by atomic mass is 9.89. The summed E-state index contributed by atoms with van der Waals surface area (Å²) in [5.41, 5.74) is -0.222. The van der Waals surface area contributed by atoms with Crippen LogP contribution >= 0.6 is 0 Å². The number of nitro benzene ring substituents is 1. The molecule has 118 valence electrons. The highest BCUT2D eigenvalue weighted by molar-refractivity contribution is 7.89.